The van der Waals surface area contributed by atoms with E-state index >= 15 is 0 Å². The molecule has 1 atom stereocenters. The second kappa shape index (κ2) is 10.1. The maximum atomic E-state index is 13.6. The number of rotatable bonds is 7. The number of amides is 2. The summed E-state index contributed by atoms with van der Waals surface area (Å²) in [5.41, 5.74) is 2.77. The third-order valence-electron chi connectivity index (χ3n) is 6.83. The molecule has 1 saturated heterocycles. The van der Waals surface area contributed by atoms with Crippen molar-refractivity contribution in [1.29, 1.82) is 0 Å². The van der Waals surface area contributed by atoms with Gasteiger partial charge in [0.25, 0.3) is 12.3 Å². The van der Waals surface area contributed by atoms with Crippen LogP contribution in [0.4, 0.5) is 14.5 Å². The highest BCUT2D eigenvalue weighted by molar-refractivity contribution is 6.00. The van der Waals surface area contributed by atoms with E-state index < -0.39 is 23.6 Å². The summed E-state index contributed by atoms with van der Waals surface area (Å²) in [5, 5.41) is 14.0. The Balaban J connectivity index is 1.40. The molecule has 37 heavy (non-hydrogen) atoms. The first kappa shape index (κ1) is 24.5. The van der Waals surface area contributed by atoms with Crippen molar-refractivity contribution in [3.63, 3.8) is 0 Å². The molecule has 2 heterocycles. The van der Waals surface area contributed by atoms with E-state index in [0.29, 0.717) is 13.0 Å². The Morgan fingerprint density at radius 2 is 1.92 bits per heavy atom. The quantitative estimate of drug-likeness (QED) is 0.484. The molecule has 0 aliphatic carbocycles. The SMILES string of the molecule is CN1CC[C@@H](Nc2cccc3c2CN(C(=O)c2c(O)cc(C(F)F)cc2OCc2ccccc2)C3)C1=O. The number of alkyl halides is 2. The molecule has 0 bridgehead atoms. The first-order valence-electron chi connectivity index (χ1n) is 12.0. The molecule has 2 aliphatic rings. The number of benzene rings is 3. The number of aromatic hydroxyl groups is 1. The molecule has 2 amide bonds. The van der Waals surface area contributed by atoms with Gasteiger partial charge in [-0.1, -0.05) is 42.5 Å². The number of ether oxygens (including phenoxy) is 1. The zero-order valence-electron chi connectivity index (χ0n) is 20.3. The summed E-state index contributed by atoms with van der Waals surface area (Å²) in [6, 6.07) is 16.5. The van der Waals surface area contributed by atoms with E-state index in [4.69, 9.17) is 4.74 Å². The number of carbonyl (C=O) groups excluding carboxylic acids is 2. The number of phenols is 1. The summed E-state index contributed by atoms with van der Waals surface area (Å²) < 4.78 is 32.7. The molecule has 9 heteroatoms. The number of nitrogens with one attached hydrogen (secondary N) is 1. The highest BCUT2D eigenvalue weighted by Crippen LogP contribution is 2.38. The second-order valence-corrected chi connectivity index (χ2v) is 9.34. The van der Waals surface area contributed by atoms with Crippen LogP contribution in [-0.2, 0) is 24.5 Å². The van der Waals surface area contributed by atoms with E-state index in [0.717, 1.165) is 34.5 Å². The van der Waals surface area contributed by atoms with Crippen LogP contribution >= 0.6 is 0 Å². The molecule has 3 aromatic rings. The van der Waals surface area contributed by atoms with E-state index in [9.17, 15) is 23.5 Å². The molecule has 0 radical (unpaired) electrons. The van der Waals surface area contributed by atoms with Crippen LogP contribution in [-0.4, -0.2) is 46.4 Å². The zero-order valence-corrected chi connectivity index (χ0v) is 20.3. The lowest BCUT2D eigenvalue weighted by Crippen LogP contribution is -2.31. The molecule has 0 aromatic heterocycles. The predicted octanol–water partition coefficient (Wildman–Crippen LogP) is 4.71. The van der Waals surface area contributed by atoms with Crippen LogP contribution in [0.25, 0.3) is 0 Å². The number of likely N-dealkylation sites (tertiary alicyclic amines) is 1. The Bertz CT molecular complexity index is 1330. The molecule has 0 saturated carbocycles. The molecule has 2 N–H and O–H groups in total. The molecule has 192 valence electrons. The summed E-state index contributed by atoms with van der Waals surface area (Å²) in [6.45, 7) is 1.24. The fraction of sp³-hybridized carbons (Fsp3) is 0.286. The second-order valence-electron chi connectivity index (χ2n) is 9.34. The molecule has 0 unspecified atom stereocenters. The Labute approximate surface area is 213 Å². The largest absolute Gasteiger partial charge is 0.507 e. The number of phenolic OH excluding ortho intramolecular Hbond substituents is 1. The van der Waals surface area contributed by atoms with Crippen LogP contribution in [0.1, 0.15) is 45.5 Å². The first-order chi connectivity index (χ1) is 17.8. The summed E-state index contributed by atoms with van der Waals surface area (Å²) >= 11 is 0. The van der Waals surface area contributed by atoms with Gasteiger partial charge in [0, 0.05) is 37.9 Å². The lowest BCUT2D eigenvalue weighted by molar-refractivity contribution is -0.127. The lowest BCUT2D eigenvalue weighted by Gasteiger charge is -2.20. The number of hydrogen-bond acceptors (Lipinski definition) is 5. The predicted molar refractivity (Wildman–Crippen MR) is 134 cm³/mol. The fourth-order valence-electron chi connectivity index (χ4n) is 4.81. The Hall–Kier alpha value is -4.14. The number of hydrogen-bond donors (Lipinski definition) is 2. The van der Waals surface area contributed by atoms with Crippen molar-refractivity contribution in [3.05, 3.63) is 88.5 Å². The zero-order chi connectivity index (χ0) is 26.1. The van der Waals surface area contributed by atoms with E-state index in [2.05, 4.69) is 5.32 Å². The standard InChI is InChI=1S/C28H27F2N3O4/c1-32-11-10-22(27(32)35)31-21-9-5-8-18-14-33(15-20(18)21)28(36)25-23(34)12-19(26(29)30)13-24(25)37-16-17-6-3-2-4-7-17/h2-9,12-13,22,26,31,34H,10-11,14-16H2,1H3/t22-/m1/s1. The van der Waals surface area contributed by atoms with Crippen molar-refractivity contribution in [2.75, 3.05) is 18.9 Å². The third kappa shape index (κ3) is 4.94. The van der Waals surface area contributed by atoms with Crippen LogP contribution in [0.5, 0.6) is 11.5 Å². The number of carbonyl (C=O) groups is 2. The van der Waals surface area contributed by atoms with Gasteiger partial charge in [-0.15, -0.1) is 0 Å². The van der Waals surface area contributed by atoms with Gasteiger partial charge in [0.15, 0.2) is 0 Å². The normalized spacial score (nSPS) is 16.9. The number of halogens is 2. The van der Waals surface area contributed by atoms with Crippen LogP contribution in [0.15, 0.2) is 60.7 Å². The van der Waals surface area contributed by atoms with Crippen molar-refractivity contribution in [3.8, 4) is 11.5 Å². The van der Waals surface area contributed by atoms with E-state index in [1.165, 1.54) is 4.90 Å². The molecular formula is C28H27F2N3O4. The van der Waals surface area contributed by atoms with E-state index in [1.54, 1.807) is 11.9 Å². The highest BCUT2D eigenvalue weighted by atomic mass is 19.3. The van der Waals surface area contributed by atoms with Crippen LogP contribution in [0.3, 0.4) is 0 Å². The monoisotopic (exact) mass is 507 g/mol. The van der Waals surface area contributed by atoms with Crippen molar-refractivity contribution in [1.82, 2.24) is 9.80 Å². The number of anilines is 1. The van der Waals surface area contributed by atoms with Gasteiger partial charge in [0.1, 0.15) is 29.7 Å². The fourth-order valence-corrected chi connectivity index (χ4v) is 4.81. The molecule has 3 aromatic carbocycles. The molecule has 5 rings (SSSR count). The smallest absolute Gasteiger partial charge is 0.264 e. The van der Waals surface area contributed by atoms with Crippen LogP contribution in [0.2, 0.25) is 0 Å². The maximum absolute atomic E-state index is 13.6. The van der Waals surface area contributed by atoms with Crippen LogP contribution < -0.4 is 10.1 Å². The van der Waals surface area contributed by atoms with Gasteiger partial charge in [-0.25, -0.2) is 8.78 Å². The molecule has 2 aliphatic heterocycles. The third-order valence-corrected chi connectivity index (χ3v) is 6.83. The van der Waals surface area contributed by atoms with Gasteiger partial charge in [-0.05, 0) is 41.3 Å². The van der Waals surface area contributed by atoms with Gasteiger partial charge < -0.3 is 25.0 Å². The van der Waals surface area contributed by atoms with E-state index in [-0.39, 0.29) is 43.0 Å². The first-order valence-corrected chi connectivity index (χ1v) is 12.0. The average molecular weight is 508 g/mol. The summed E-state index contributed by atoms with van der Waals surface area (Å²) in [4.78, 5) is 29.2. The van der Waals surface area contributed by atoms with Crippen molar-refractivity contribution in [2.24, 2.45) is 0 Å². The maximum Gasteiger partial charge on any atom is 0.264 e. The topological polar surface area (TPSA) is 82.1 Å². The van der Waals surface area contributed by atoms with Crippen molar-refractivity contribution < 1.29 is 28.2 Å². The van der Waals surface area contributed by atoms with Gasteiger partial charge in [-0.3, -0.25) is 9.59 Å². The van der Waals surface area contributed by atoms with Gasteiger partial charge >= 0.3 is 0 Å². The van der Waals surface area contributed by atoms with E-state index in [1.807, 2.05) is 48.5 Å². The van der Waals surface area contributed by atoms with Gasteiger partial charge in [0.2, 0.25) is 5.91 Å². The summed E-state index contributed by atoms with van der Waals surface area (Å²) in [6.07, 6.45) is -2.15. The minimum atomic E-state index is -2.84. The molecular weight excluding hydrogens is 480 g/mol. The van der Waals surface area contributed by atoms with Crippen molar-refractivity contribution in [2.45, 2.75) is 38.6 Å². The minimum Gasteiger partial charge on any atom is -0.507 e. The Kier molecular flexibility index (Phi) is 6.69. The summed E-state index contributed by atoms with van der Waals surface area (Å²) in [7, 11) is 1.77. The number of nitrogens with zero attached hydrogens (tertiary/aromatic N) is 2. The minimum absolute atomic E-state index is 0.0211. The summed E-state index contributed by atoms with van der Waals surface area (Å²) in [5.74, 6) is -1.16. The number of fused-ring (bicyclic) bond motifs is 1. The van der Waals surface area contributed by atoms with Crippen LogP contribution in [0, 0.1) is 0 Å². The Morgan fingerprint density at radius 1 is 1.14 bits per heavy atom. The van der Waals surface area contributed by atoms with Gasteiger partial charge in [-0.2, -0.15) is 0 Å². The van der Waals surface area contributed by atoms with Crippen molar-refractivity contribution >= 4 is 17.5 Å². The number of likely N-dealkylation sites (N-methyl/N-ethyl adjacent to an activating group) is 1. The average Bonchev–Trinajstić information content (AvgIpc) is 3.47. The highest BCUT2D eigenvalue weighted by Gasteiger charge is 2.33. The molecule has 7 nitrogen and oxygen atoms in total. The Morgan fingerprint density at radius 3 is 2.62 bits per heavy atom. The molecule has 0 spiro atoms. The molecule has 1 fully saturated rings. The lowest BCUT2D eigenvalue weighted by atomic mass is 10.1. The van der Waals surface area contributed by atoms with Gasteiger partial charge in [0.05, 0.1) is 0 Å².